The number of nitrogens with zero attached hydrogens (tertiary/aromatic N) is 2. The minimum Gasteiger partial charge on any atom is -0.377 e. The molecule has 2 aliphatic rings. The second kappa shape index (κ2) is 8.09. The van der Waals surface area contributed by atoms with Crippen molar-refractivity contribution in [1.29, 1.82) is 0 Å². The van der Waals surface area contributed by atoms with E-state index in [1.54, 1.807) is 10.9 Å². The van der Waals surface area contributed by atoms with Gasteiger partial charge in [-0.25, -0.2) is 4.98 Å². The molecule has 27 heavy (non-hydrogen) atoms. The quantitative estimate of drug-likeness (QED) is 0.830. The summed E-state index contributed by atoms with van der Waals surface area (Å²) in [5, 5.41) is 5.00. The Morgan fingerprint density at radius 1 is 1.37 bits per heavy atom. The average molecular weight is 386 g/mol. The molecule has 1 saturated carbocycles. The smallest absolute Gasteiger partial charge is 0.270 e. The lowest BCUT2D eigenvalue weighted by Gasteiger charge is -2.44. The van der Waals surface area contributed by atoms with Gasteiger partial charge in [0.2, 0.25) is 0 Å². The van der Waals surface area contributed by atoms with E-state index in [1.165, 1.54) is 16.9 Å². The van der Waals surface area contributed by atoms with E-state index < -0.39 is 0 Å². The van der Waals surface area contributed by atoms with Crippen LogP contribution in [0, 0.1) is 0 Å². The first-order chi connectivity index (χ1) is 13.2. The predicted octanol–water partition coefficient (Wildman–Crippen LogP) is 3.13. The van der Waals surface area contributed by atoms with Crippen molar-refractivity contribution >= 4 is 17.2 Å². The number of ether oxygens (including phenoxy) is 1. The van der Waals surface area contributed by atoms with Gasteiger partial charge in [-0.05, 0) is 37.7 Å². The Morgan fingerprint density at radius 3 is 2.96 bits per heavy atom. The molecule has 2 fully saturated rings. The van der Waals surface area contributed by atoms with Crippen LogP contribution in [0.5, 0.6) is 0 Å². The van der Waals surface area contributed by atoms with Gasteiger partial charge >= 0.3 is 0 Å². The van der Waals surface area contributed by atoms with Crippen molar-refractivity contribution < 1.29 is 9.53 Å². The second-order valence-electron chi connectivity index (χ2n) is 7.62. The van der Waals surface area contributed by atoms with Gasteiger partial charge in [-0.3, -0.25) is 9.69 Å². The number of carbonyl (C=O) groups is 1. The monoisotopic (exact) mass is 385 g/mol. The van der Waals surface area contributed by atoms with E-state index in [1.807, 2.05) is 7.11 Å². The standard InChI is InChI=1S/C21H27N3O2S/c1-26-21-9-7-17(23-20(25)18-14-27-15-22-18)13-19(21)24(12-10-21)11-8-16-5-3-2-4-6-16/h2-6,14-15,17,19H,7-13H2,1H3,(H,23,25)/t17-,19+,21-/m1/s1. The summed E-state index contributed by atoms with van der Waals surface area (Å²) >= 11 is 1.45. The summed E-state index contributed by atoms with van der Waals surface area (Å²) < 4.78 is 6.05. The molecule has 0 spiro atoms. The SMILES string of the molecule is CO[C@@]12CC[C@@H](NC(=O)c3cscn3)C[C@@H]1N(CCc1ccccc1)CC2. The van der Waals surface area contributed by atoms with Gasteiger partial charge in [-0.15, -0.1) is 11.3 Å². The fourth-order valence-electron chi connectivity index (χ4n) is 4.69. The van der Waals surface area contributed by atoms with Crippen LogP contribution < -0.4 is 5.32 Å². The van der Waals surface area contributed by atoms with Crippen LogP contribution in [-0.2, 0) is 11.2 Å². The van der Waals surface area contributed by atoms with E-state index in [-0.39, 0.29) is 17.6 Å². The summed E-state index contributed by atoms with van der Waals surface area (Å²) in [5.74, 6) is -0.0556. The Hall–Kier alpha value is -1.76. The molecule has 2 aromatic rings. The molecule has 144 valence electrons. The van der Waals surface area contributed by atoms with Gasteiger partial charge in [-0.2, -0.15) is 0 Å². The summed E-state index contributed by atoms with van der Waals surface area (Å²) in [4.78, 5) is 19.1. The molecule has 1 saturated heterocycles. The molecular formula is C21H27N3O2S. The van der Waals surface area contributed by atoms with E-state index in [4.69, 9.17) is 4.74 Å². The topological polar surface area (TPSA) is 54.5 Å². The highest BCUT2D eigenvalue weighted by atomic mass is 32.1. The zero-order chi connectivity index (χ0) is 18.7. The Bertz CT molecular complexity index is 752. The minimum atomic E-state index is -0.0570. The van der Waals surface area contributed by atoms with Gasteiger partial charge in [0.15, 0.2) is 0 Å². The zero-order valence-electron chi connectivity index (χ0n) is 15.8. The molecule has 2 heterocycles. The molecule has 0 radical (unpaired) electrons. The van der Waals surface area contributed by atoms with Crippen LogP contribution >= 0.6 is 11.3 Å². The molecule has 0 bridgehead atoms. The van der Waals surface area contributed by atoms with E-state index in [0.717, 1.165) is 45.2 Å². The van der Waals surface area contributed by atoms with Gasteiger partial charge in [0.1, 0.15) is 5.69 Å². The van der Waals surface area contributed by atoms with Gasteiger partial charge in [0, 0.05) is 37.7 Å². The van der Waals surface area contributed by atoms with Crippen molar-refractivity contribution in [3.63, 3.8) is 0 Å². The third kappa shape index (κ3) is 3.93. The summed E-state index contributed by atoms with van der Waals surface area (Å²) in [7, 11) is 1.85. The number of benzene rings is 1. The van der Waals surface area contributed by atoms with Crippen LogP contribution in [0.15, 0.2) is 41.2 Å². The summed E-state index contributed by atoms with van der Waals surface area (Å²) in [5.41, 5.74) is 3.54. The van der Waals surface area contributed by atoms with Crippen LogP contribution in [0.3, 0.4) is 0 Å². The molecule has 5 nitrogen and oxygen atoms in total. The fraction of sp³-hybridized carbons (Fsp3) is 0.524. The molecule has 1 amide bonds. The van der Waals surface area contributed by atoms with Crippen LogP contribution in [0.25, 0.3) is 0 Å². The highest BCUT2D eigenvalue weighted by Crippen LogP contribution is 2.42. The number of aromatic nitrogens is 1. The van der Waals surface area contributed by atoms with Crippen LogP contribution in [0.2, 0.25) is 0 Å². The Kier molecular flexibility index (Phi) is 5.57. The van der Waals surface area contributed by atoms with Gasteiger partial charge in [0.05, 0.1) is 11.1 Å². The van der Waals surface area contributed by atoms with Crippen LogP contribution in [0.4, 0.5) is 0 Å². The lowest BCUT2D eigenvalue weighted by molar-refractivity contribution is -0.0664. The van der Waals surface area contributed by atoms with Gasteiger partial charge in [-0.1, -0.05) is 30.3 Å². The van der Waals surface area contributed by atoms with Crippen LogP contribution in [-0.4, -0.2) is 53.7 Å². The maximum Gasteiger partial charge on any atom is 0.270 e. The average Bonchev–Trinajstić information content (AvgIpc) is 3.36. The highest BCUT2D eigenvalue weighted by Gasteiger charge is 2.50. The second-order valence-corrected chi connectivity index (χ2v) is 8.34. The van der Waals surface area contributed by atoms with Crippen molar-refractivity contribution in [2.75, 3.05) is 20.2 Å². The number of fused-ring (bicyclic) bond motifs is 1. The molecule has 6 heteroatoms. The Labute approximate surface area is 164 Å². The number of hydrogen-bond acceptors (Lipinski definition) is 5. The third-order valence-corrected chi connectivity index (χ3v) is 6.82. The van der Waals surface area contributed by atoms with Gasteiger partial charge in [0.25, 0.3) is 5.91 Å². The Morgan fingerprint density at radius 2 is 2.22 bits per heavy atom. The molecular weight excluding hydrogens is 358 g/mol. The summed E-state index contributed by atoms with van der Waals surface area (Å²) in [6.07, 6.45) is 5.03. The lowest BCUT2D eigenvalue weighted by Crippen LogP contribution is -2.55. The number of carbonyl (C=O) groups excluding carboxylic acids is 1. The highest BCUT2D eigenvalue weighted by molar-refractivity contribution is 7.07. The lowest BCUT2D eigenvalue weighted by atomic mass is 9.78. The number of methoxy groups -OCH3 is 1. The van der Waals surface area contributed by atoms with Crippen molar-refractivity contribution in [3.8, 4) is 0 Å². The summed E-state index contributed by atoms with van der Waals surface area (Å²) in [6, 6.07) is 11.2. The third-order valence-electron chi connectivity index (χ3n) is 6.23. The molecule has 1 aliphatic heterocycles. The fourth-order valence-corrected chi connectivity index (χ4v) is 5.22. The van der Waals surface area contributed by atoms with E-state index >= 15 is 0 Å². The maximum atomic E-state index is 12.4. The first-order valence-corrected chi connectivity index (χ1v) is 10.7. The van der Waals surface area contributed by atoms with Crippen molar-refractivity contribution in [1.82, 2.24) is 15.2 Å². The normalized spacial score (nSPS) is 28.0. The molecule has 1 aliphatic carbocycles. The Balaban J connectivity index is 1.41. The minimum absolute atomic E-state index is 0.0556. The number of thiazole rings is 1. The van der Waals surface area contributed by atoms with E-state index in [9.17, 15) is 4.79 Å². The molecule has 4 rings (SSSR count). The number of hydrogen-bond donors (Lipinski definition) is 1. The summed E-state index contributed by atoms with van der Waals surface area (Å²) in [6.45, 7) is 2.10. The molecule has 0 unspecified atom stereocenters. The number of amides is 1. The van der Waals surface area contributed by atoms with E-state index in [0.29, 0.717) is 11.7 Å². The van der Waals surface area contributed by atoms with E-state index in [2.05, 4.69) is 45.5 Å². The number of likely N-dealkylation sites (tertiary alicyclic amines) is 1. The zero-order valence-corrected chi connectivity index (χ0v) is 16.6. The largest absolute Gasteiger partial charge is 0.377 e. The van der Waals surface area contributed by atoms with Crippen molar-refractivity contribution in [3.05, 3.63) is 52.5 Å². The number of rotatable bonds is 6. The molecule has 3 atom stereocenters. The number of nitrogens with one attached hydrogen (secondary N) is 1. The predicted molar refractivity (Wildman–Crippen MR) is 107 cm³/mol. The van der Waals surface area contributed by atoms with Crippen LogP contribution in [0.1, 0.15) is 41.7 Å². The molecule has 1 aromatic heterocycles. The first-order valence-electron chi connectivity index (χ1n) is 9.72. The maximum absolute atomic E-state index is 12.4. The van der Waals surface area contributed by atoms with Crippen molar-refractivity contribution in [2.45, 2.75) is 49.8 Å². The first kappa shape index (κ1) is 18.6. The molecule has 1 aromatic carbocycles. The van der Waals surface area contributed by atoms with Gasteiger partial charge < -0.3 is 10.1 Å². The van der Waals surface area contributed by atoms with Crippen molar-refractivity contribution in [2.24, 2.45) is 0 Å². The molecule has 1 N–H and O–H groups in total.